The molecule has 7 heteroatoms. The molecule has 0 fully saturated rings. The molecule has 2 heterocycles. The summed E-state index contributed by atoms with van der Waals surface area (Å²) in [5, 5.41) is 9.08. The standard InChI is InChI=1S/C20H18N4O3/c1-24-10-9-12-14(7-4-8-17(12)24)21-18(25)11-16-20(27)22-15-6-3-2-5-13(15)19(26)23-16/h2-10,16H,11H2,1H3,(H,21,25)(H,22,27)(H,23,26)/t16-/m1/s1. The van der Waals surface area contributed by atoms with Crippen LogP contribution in [0, 0.1) is 0 Å². The summed E-state index contributed by atoms with van der Waals surface area (Å²) in [6.45, 7) is 0. The number of rotatable bonds is 3. The molecule has 0 saturated carbocycles. The molecule has 3 N–H and O–H groups in total. The highest BCUT2D eigenvalue weighted by Crippen LogP contribution is 2.24. The third-order valence-electron chi connectivity index (χ3n) is 4.64. The molecule has 0 bridgehead atoms. The summed E-state index contributed by atoms with van der Waals surface area (Å²) in [5.41, 5.74) is 2.48. The van der Waals surface area contributed by atoms with Gasteiger partial charge in [-0.3, -0.25) is 14.4 Å². The first-order valence-electron chi connectivity index (χ1n) is 8.57. The van der Waals surface area contributed by atoms with E-state index in [2.05, 4.69) is 16.0 Å². The molecule has 3 amide bonds. The molecule has 136 valence electrons. The maximum atomic E-state index is 12.5. The first-order valence-corrected chi connectivity index (χ1v) is 8.57. The molecular formula is C20H18N4O3. The number of nitrogens with zero attached hydrogens (tertiary/aromatic N) is 1. The average Bonchev–Trinajstić information content (AvgIpc) is 2.98. The van der Waals surface area contributed by atoms with Crippen molar-refractivity contribution in [2.45, 2.75) is 12.5 Å². The third kappa shape index (κ3) is 3.15. The molecule has 27 heavy (non-hydrogen) atoms. The number of aromatic nitrogens is 1. The Morgan fingerprint density at radius 2 is 1.93 bits per heavy atom. The molecular weight excluding hydrogens is 344 g/mol. The zero-order chi connectivity index (χ0) is 19.0. The number of hydrogen-bond donors (Lipinski definition) is 3. The number of benzene rings is 2. The molecule has 0 radical (unpaired) electrons. The molecule has 0 saturated heterocycles. The summed E-state index contributed by atoms with van der Waals surface area (Å²) in [7, 11) is 1.93. The summed E-state index contributed by atoms with van der Waals surface area (Å²) in [6.07, 6.45) is 1.76. The van der Waals surface area contributed by atoms with Crippen molar-refractivity contribution in [2.24, 2.45) is 7.05 Å². The summed E-state index contributed by atoms with van der Waals surface area (Å²) in [6, 6.07) is 13.3. The average molecular weight is 362 g/mol. The maximum Gasteiger partial charge on any atom is 0.254 e. The second-order valence-electron chi connectivity index (χ2n) is 6.48. The van der Waals surface area contributed by atoms with Crippen LogP contribution in [0.25, 0.3) is 10.9 Å². The van der Waals surface area contributed by atoms with Crippen LogP contribution < -0.4 is 16.0 Å². The van der Waals surface area contributed by atoms with Crippen LogP contribution in [0.1, 0.15) is 16.8 Å². The van der Waals surface area contributed by atoms with Crippen LogP contribution in [0.3, 0.4) is 0 Å². The predicted molar refractivity (Wildman–Crippen MR) is 102 cm³/mol. The fraction of sp³-hybridized carbons (Fsp3) is 0.150. The third-order valence-corrected chi connectivity index (χ3v) is 4.64. The molecule has 1 aromatic heterocycles. The molecule has 1 aliphatic rings. The van der Waals surface area contributed by atoms with Crippen molar-refractivity contribution in [3.63, 3.8) is 0 Å². The number of fused-ring (bicyclic) bond motifs is 2. The SMILES string of the molecule is Cn1ccc2c(NC(=O)C[C@H]3NC(=O)c4ccccc4NC3=O)cccc21. The second kappa shape index (κ2) is 6.60. The van der Waals surface area contributed by atoms with Gasteiger partial charge in [-0.05, 0) is 30.3 Å². The molecule has 1 aliphatic heterocycles. The van der Waals surface area contributed by atoms with E-state index in [0.717, 1.165) is 10.9 Å². The van der Waals surface area contributed by atoms with E-state index >= 15 is 0 Å². The second-order valence-corrected chi connectivity index (χ2v) is 6.48. The number of hydrogen-bond acceptors (Lipinski definition) is 3. The molecule has 3 aromatic rings. The highest BCUT2D eigenvalue weighted by Gasteiger charge is 2.29. The van der Waals surface area contributed by atoms with Crippen molar-refractivity contribution in [3.05, 3.63) is 60.3 Å². The van der Waals surface area contributed by atoms with E-state index in [9.17, 15) is 14.4 Å². The fourth-order valence-electron chi connectivity index (χ4n) is 3.25. The van der Waals surface area contributed by atoms with E-state index in [4.69, 9.17) is 0 Å². The minimum Gasteiger partial charge on any atom is -0.350 e. The summed E-state index contributed by atoms with van der Waals surface area (Å²) >= 11 is 0. The number of para-hydroxylation sites is 1. The minimum absolute atomic E-state index is 0.158. The van der Waals surface area contributed by atoms with Gasteiger partial charge in [0.1, 0.15) is 6.04 Å². The number of nitrogens with one attached hydrogen (secondary N) is 3. The quantitative estimate of drug-likeness (QED) is 0.667. The first-order chi connectivity index (χ1) is 13.0. The number of carbonyl (C=O) groups excluding carboxylic acids is 3. The Labute approximate surface area is 155 Å². The van der Waals surface area contributed by atoms with E-state index in [1.165, 1.54) is 0 Å². The number of aryl methyl sites for hydroxylation is 1. The van der Waals surface area contributed by atoms with Crippen molar-refractivity contribution in [1.82, 2.24) is 9.88 Å². The van der Waals surface area contributed by atoms with Crippen molar-refractivity contribution in [3.8, 4) is 0 Å². The zero-order valence-corrected chi connectivity index (χ0v) is 14.7. The summed E-state index contributed by atoms with van der Waals surface area (Å²) < 4.78 is 1.96. The van der Waals surface area contributed by atoms with E-state index in [0.29, 0.717) is 16.9 Å². The Hall–Kier alpha value is -3.61. The Kier molecular flexibility index (Phi) is 4.12. The lowest BCUT2D eigenvalue weighted by Crippen LogP contribution is -2.43. The van der Waals surface area contributed by atoms with Crippen LogP contribution in [-0.4, -0.2) is 28.3 Å². The van der Waals surface area contributed by atoms with Crippen LogP contribution in [0.2, 0.25) is 0 Å². The minimum atomic E-state index is -0.945. The summed E-state index contributed by atoms with van der Waals surface area (Å²) in [5.74, 6) is -1.15. The Morgan fingerprint density at radius 1 is 1.11 bits per heavy atom. The lowest BCUT2D eigenvalue weighted by Gasteiger charge is -2.14. The van der Waals surface area contributed by atoms with E-state index < -0.39 is 11.9 Å². The van der Waals surface area contributed by atoms with Gasteiger partial charge >= 0.3 is 0 Å². The van der Waals surface area contributed by atoms with Crippen molar-refractivity contribution in [2.75, 3.05) is 10.6 Å². The Bertz CT molecular complexity index is 1070. The van der Waals surface area contributed by atoms with E-state index in [1.807, 2.05) is 42.1 Å². The van der Waals surface area contributed by atoms with Gasteiger partial charge in [-0.1, -0.05) is 18.2 Å². The van der Waals surface area contributed by atoms with E-state index in [1.54, 1.807) is 24.3 Å². The van der Waals surface area contributed by atoms with Gasteiger partial charge in [0, 0.05) is 24.1 Å². The zero-order valence-electron chi connectivity index (χ0n) is 14.7. The van der Waals surface area contributed by atoms with Crippen molar-refractivity contribution in [1.29, 1.82) is 0 Å². The van der Waals surface area contributed by atoms with Crippen LogP contribution in [0.5, 0.6) is 0 Å². The van der Waals surface area contributed by atoms with Gasteiger partial charge in [0.15, 0.2) is 0 Å². The van der Waals surface area contributed by atoms with Gasteiger partial charge in [-0.25, -0.2) is 0 Å². The van der Waals surface area contributed by atoms with Gasteiger partial charge in [0.25, 0.3) is 5.91 Å². The Balaban J connectivity index is 1.51. The first kappa shape index (κ1) is 16.8. The smallest absolute Gasteiger partial charge is 0.254 e. The van der Waals surface area contributed by atoms with Gasteiger partial charge in [0.2, 0.25) is 11.8 Å². The highest BCUT2D eigenvalue weighted by atomic mass is 16.2. The van der Waals surface area contributed by atoms with Gasteiger partial charge in [-0.15, -0.1) is 0 Å². The van der Waals surface area contributed by atoms with Crippen LogP contribution in [0.15, 0.2) is 54.7 Å². The molecule has 2 aromatic carbocycles. The number of anilines is 2. The van der Waals surface area contributed by atoms with Crippen molar-refractivity contribution >= 4 is 40.0 Å². The van der Waals surface area contributed by atoms with Crippen molar-refractivity contribution < 1.29 is 14.4 Å². The highest BCUT2D eigenvalue weighted by molar-refractivity contribution is 6.11. The number of carbonyl (C=O) groups is 3. The molecule has 0 spiro atoms. The predicted octanol–water partition coefficient (Wildman–Crippen LogP) is 2.26. The molecule has 0 aliphatic carbocycles. The molecule has 0 unspecified atom stereocenters. The van der Waals surface area contributed by atoms with Crippen LogP contribution in [-0.2, 0) is 16.6 Å². The molecule has 4 rings (SSSR count). The van der Waals surface area contributed by atoms with E-state index in [-0.39, 0.29) is 18.2 Å². The lowest BCUT2D eigenvalue weighted by molar-refractivity contribution is -0.122. The van der Waals surface area contributed by atoms with Gasteiger partial charge in [0.05, 0.1) is 23.4 Å². The van der Waals surface area contributed by atoms with Gasteiger partial charge < -0.3 is 20.5 Å². The molecule has 7 nitrogen and oxygen atoms in total. The largest absolute Gasteiger partial charge is 0.350 e. The molecule has 1 atom stereocenters. The van der Waals surface area contributed by atoms with Crippen LogP contribution >= 0.6 is 0 Å². The maximum absolute atomic E-state index is 12.5. The van der Waals surface area contributed by atoms with Gasteiger partial charge in [-0.2, -0.15) is 0 Å². The lowest BCUT2D eigenvalue weighted by atomic mass is 10.1. The number of amides is 3. The fourth-order valence-corrected chi connectivity index (χ4v) is 3.25. The summed E-state index contributed by atoms with van der Waals surface area (Å²) in [4.78, 5) is 37.3. The topological polar surface area (TPSA) is 92.2 Å². The Morgan fingerprint density at radius 3 is 2.78 bits per heavy atom. The van der Waals surface area contributed by atoms with Crippen LogP contribution in [0.4, 0.5) is 11.4 Å². The monoisotopic (exact) mass is 362 g/mol. The normalized spacial score (nSPS) is 16.3.